The largest absolute Gasteiger partial charge is 0.510 e. The Morgan fingerprint density at radius 3 is 1.80 bits per heavy atom. The monoisotopic (exact) mass is 1100 g/mol. The van der Waals surface area contributed by atoms with Crippen molar-refractivity contribution in [2.24, 2.45) is 0 Å². The van der Waals surface area contributed by atoms with Gasteiger partial charge in [0, 0.05) is 44.3 Å². The molecule has 0 aliphatic carbocycles. The summed E-state index contributed by atoms with van der Waals surface area (Å²) in [6.45, 7) is 27.2. The fourth-order valence-corrected chi connectivity index (χ4v) is 9.29. The summed E-state index contributed by atoms with van der Waals surface area (Å²) in [4.78, 5) is 4.94. The predicted octanol–water partition coefficient (Wildman–Crippen LogP) is 16.1. The molecule has 0 atom stereocenters. The van der Waals surface area contributed by atoms with Crippen molar-refractivity contribution in [3.05, 3.63) is 199 Å². The molecule has 3 aromatic heterocycles. The van der Waals surface area contributed by atoms with Crippen LogP contribution in [-0.2, 0) is 42.7 Å². The van der Waals surface area contributed by atoms with Gasteiger partial charge >= 0.3 is 0 Å². The van der Waals surface area contributed by atoms with E-state index in [1.807, 2.05) is 24.4 Å². The summed E-state index contributed by atoms with van der Waals surface area (Å²) in [6.07, 6.45) is 5.75. The van der Waals surface area contributed by atoms with Crippen LogP contribution in [0.25, 0.3) is 72.3 Å². The van der Waals surface area contributed by atoms with Crippen LogP contribution in [0.5, 0.6) is 11.5 Å². The minimum atomic E-state index is -0.0630. The molecule has 0 N–H and O–H groups in total. The number of para-hydroxylation sites is 1. The molecule has 0 bridgehead atoms. The maximum absolute atomic E-state index is 6.77. The summed E-state index contributed by atoms with van der Waals surface area (Å²) in [7, 11) is 0. The third-order valence-electron chi connectivity index (χ3n) is 13.5. The fourth-order valence-electron chi connectivity index (χ4n) is 9.29. The summed E-state index contributed by atoms with van der Waals surface area (Å²) in [5.41, 5.74) is 15.5. The molecular weight excluding hydrogens is 1040 g/mol. The van der Waals surface area contributed by atoms with Crippen LogP contribution >= 0.6 is 0 Å². The molecule has 0 fully saturated rings. The molecular formula is C64H62N4OPt-2. The van der Waals surface area contributed by atoms with Crippen molar-refractivity contribution in [3.63, 3.8) is 0 Å². The minimum Gasteiger partial charge on any atom is -0.510 e. The third kappa shape index (κ3) is 9.29. The number of rotatable bonds is 7. The SMILES string of the molecule is CC(C)(C)c1ccc(-c2cccc3c2[n+](-c2cc(C(C)(C)C)cc(C(C)(C)C)c2)[c-]n3-c2[c-]c(Oc3[c-]c4c(cc3)c3cc(-c5ccccc5)ccc3n4-c3cc(C(C)(C)C)ccn3)ccc2)cc1.[Pt]. The number of hydrogen-bond acceptors (Lipinski definition) is 2. The normalized spacial score (nSPS) is 12.5. The zero-order valence-corrected chi connectivity index (χ0v) is 44.8. The van der Waals surface area contributed by atoms with Crippen LogP contribution in [0.1, 0.15) is 105 Å². The predicted molar refractivity (Wildman–Crippen MR) is 286 cm³/mol. The Bertz CT molecular complexity index is 3520. The average molecular weight is 1100 g/mol. The number of ether oxygens (including phenoxy) is 1. The standard InChI is InChI=1S/C64H62N4O.Pt/c1-61(2,3)45-27-24-43(25-28-45)53-22-17-23-57-60(53)67(50-36-47(63(7,8)9)35-48(37-50)64(10,11)12)41-66(57)49-20-16-21-51(39-49)69-52-29-30-54-55-34-44(42-18-14-13-15-19-42)26-31-56(55)68(58(54)40-52)59-38-46(32-33-65-59)62(4,5)6;/h13-38H,1-12H3;/q-2;. The number of aromatic nitrogens is 4. The summed E-state index contributed by atoms with van der Waals surface area (Å²) < 4.78 is 13.4. The maximum atomic E-state index is 6.77. The van der Waals surface area contributed by atoms with Gasteiger partial charge in [-0.2, -0.15) is 18.2 Å². The van der Waals surface area contributed by atoms with Crippen molar-refractivity contribution >= 4 is 32.8 Å². The molecule has 0 aliphatic heterocycles. The van der Waals surface area contributed by atoms with Gasteiger partial charge in [-0.15, -0.1) is 29.7 Å². The van der Waals surface area contributed by atoms with Gasteiger partial charge in [0.1, 0.15) is 5.82 Å². The first-order valence-electron chi connectivity index (χ1n) is 24.2. The summed E-state index contributed by atoms with van der Waals surface area (Å²) >= 11 is 0. The van der Waals surface area contributed by atoms with Gasteiger partial charge in [0.25, 0.3) is 6.33 Å². The van der Waals surface area contributed by atoms with E-state index in [-0.39, 0.29) is 42.7 Å². The second-order valence-electron chi connectivity index (χ2n) is 22.7. The summed E-state index contributed by atoms with van der Waals surface area (Å²) in [5, 5.41) is 2.20. The van der Waals surface area contributed by atoms with Gasteiger partial charge in [0.2, 0.25) is 0 Å². The Morgan fingerprint density at radius 1 is 0.486 bits per heavy atom. The Hall–Kier alpha value is -6.55. The van der Waals surface area contributed by atoms with E-state index < -0.39 is 0 Å². The first kappa shape index (κ1) is 48.5. The Balaban J connectivity index is 0.00000608. The van der Waals surface area contributed by atoms with E-state index >= 15 is 0 Å². The van der Waals surface area contributed by atoms with Crippen LogP contribution < -0.4 is 9.30 Å². The molecule has 0 radical (unpaired) electrons. The fraction of sp³-hybridized carbons (Fsp3) is 0.250. The number of fused-ring (bicyclic) bond motifs is 4. The zero-order valence-electron chi connectivity index (χ0n) is 42.5. The van der Waals surface area contributed by atoms with Gasteiger partial charge in [0.05, 0.1) is 16.7 Å². The van der Waals surface area contributed by atoms with Gasteiger partial charge in [0.15, 0.2) is 0 Å². The molecule has 356 valence electrons. The topological polar surface area (TPSA) is 35.9 Å². The molecule has 7 aromatic carbocycles. The van der Waals surface area contributed by atoms with Crippen LogP contribution in [-0.4, -0.2) is 14.1 Å². The number of imidazole rings is 1. The van der Waals surface area contributed by atoms with Gasteiger partial charge in [-0.1, -0.05) is 180 Å². The average Bonchev–Trinajstić information content (AvgIpc) is 3.87. The van der Waals surface area contributed by atoms with E-state index in [0.717, 1.165) is 66.7 Å². The smallest absolute Gasteiger partial charge is 0.268 e. The number of hydrogen-bond donors (Lipinski definition) is 0. The third-order valence-corrected chi connectivity index (χ3v) is 13.5. The Labute approximate surface area is 429 Å². The van der Waals surface area contributed by atoms with E-state index in [0.29, 0.717) is 11.5 Å². The summed E-state index contributed by atoms with van der Waals surface area (Å²) in [5.74, 6) is 2.00. The van der Waals surface area contributed by atoms with Crippen molar-refractivity contribution in [1.82, 2.24) is 14.1 Å². The van der Waals surface area contributed by atoms with Gasteiger partial charge in [-0.3, -0.25) is 4.57 Å². The zero-order chi connectivity index (χ0) is 48.6. The second-order valence-corrected chi connectivity index (χ2v) is 22.7. The van der Waals surface area contributed by atoms with Gasteiger partial charge in [-0.25, -0.2) is 4.98 Å². The van der Waals surface area contributed by atoms with Crippen molar-refractivity contribution in [2.45, 2.75) is 105 Å². The van der Waals surface area contributed by atoms with Crippen molar-refractivity contribution in [1.29, 1.82) is 0 Å². The van der Waals surface area contributed by atoms with Gasteiger partial charge in [-0.05, 0) is 108 Å². The molecule has 70 heavy (non-hydrogen) atoms. The number of pyridine rings is 1. The van der Waals surface area contributed by atoms with Crippen molar-refractivity contribution in [2.75, 3.05) is 0 Å². The van der Waals surface area contributed by atoms with Crippen LogP contribution in [0.3, 0.4) is 0 Å². The Morgan fingerprint density at radius 2 is 1.13 bits per heavy atom. The summed E-state index contributed by atoms with van der Waals surface area (Å²) in [6, 6.07) is 61.7. The molecule has 3 heterocycles. The molecule has 0 aliphatic rings. The van der Waals surface area contributed by atoms with E-state index in [1.54, 1.807) is 0 Å². The van der Waals surface area contributed by atoms with Gasteiger partial charge < -0.3 is 13.9 Å². The first-order valence-corrected chi connectivity index (χ1v) is 24.2. The number of nitrogens with zero attached hydrogens (tertiary/aromatic N) is 4. The first-order chi connectivity index (χ1) is 32.7. The molecule has 0 spiro atoms. The molecule has 0 unspecified atom stereocenters. The molecule has 0 amide bonds. The minimum absolute atomic E-state index is 0. The molecule has 0 saturated heterocycles. The second kappa shape index (κ2) is 18.0. The molecule has 6 heteroatoms. The van der Waals surface area contributed by atoms with E-state index in [1.165, 1.54) is 27.8 Å². The molecule has 10 rings (SSSR count). The number of benzene rings is 7. The van der Waals surface area contributed by atoms with Crippen molar-refractivity contribution in [3.8, 4) is 50.9 Å². The van der Waals surface area contributed by atoms with Crippen LogP contribution in [0.2, 0.25) is 0 Å². The Kier molecular flexibility index (Phi) is 12.5. The van der Waals surface area contributed by atoms with Crippen LogP contribution in [0.15, 0.2) is 158 Å². The van der Waals surface area contributed by atoms with E-state index in [2.05, 4.69) is 249 Å². The quantitative estimate of drug-likeness (QED) is 0.118. The van der Waals surface area contributed by atoms with E-state index in [9.17, 15) is 0 Å². The van der Waals surface area contributed by atoms with Crippen molar-refractivity contribution < 1.29 is 30.4 Å². The van der Waals surface area contributed by atoms with Crippen LogP contribution in [0, 0.1) is 18.5 Å². The van der Waals surface area contributed by atoms with Crippen LogP contribution in [0.4, 0.5) is 0 Å². The van der Waals surface area contributed by atoms with E-state index in [4.69, 9.17) is 9.72 Å². The maximum Gasteiger partial charge on any atom is 0.268 e. The molecule has 0 saturated carbocycles. The molecule has 5 nitrogen and oxygen atoms in total. The molecule has 10 aromatic rings.